The zero-order valence-electron chi connectivity index (χ0n) is 23.9. The van der Waals surface area contributed by atoms with Crippen molar-refractivity contribution in [1.29, 1.82) is 0 Å². The summed E-state index contributed by atoms with van der Waals surface area (Å²) in [5, 5.41) is 26.4. The van der Waals surface area contributed by atoms with Crippen LogP contribution < -0.4 is 10.6 Å². The lowest BCUT2D eigenvalue weighted by Crippen LogP contribution is -2.55. The lowest BCUT2D eigenvalue weighted by atomic mass is 10.0. The number of phenols is 1. The van der Waals surface area contributed by atoms with Gasteiger partial charge in [0.15, 0.2) is 6.35 Å². The Balaban J connectivity index is 1.47. The number of rotatable bonds is 10. The third kappa shape index (κ3) is 8.94. The van der Waals surface area contributed by atoms with Crippen LogP contribution in [0.15, 0.2) is 72.8 Å². The molecule has 44 heavy (non-hydrogen) atoms. The van der Waals surface area contributed by atoms with Gasteiger partial charge in [-0.15, -0.1) is 0 Å². The number of aliphatic hydroxyl groups is 1. The third-order valence-electron chi connectivity index (χ3n) is 7.68. The fraction of sp³-hybridized carbons (Fsp3) is 0.387. The fourth-order valence-electron chi connectivity index (χ4n) is 5.14. The first-order chi connectivity index (χ1) is 20.7. The van der Waals surface area contributed by atoms with Crippen LogP contribution in [0.25, 0.3) is 0 Å². The van der Waals surface area contributed by atoms with Gasteiger partial charge in [0.1, 0.15) is 5.75 Å². The smallest absolute Gasteiger partial charge is 0.416 e. The van der Waals surface area contributed by atoms with Crippen molar-refractivity contribution in [2.24, 2.45) is 0 Å². The van der Waals surface area contributed by atoms with Gasteiger partial charge < -0.3 is 15.5 Å². The van der Waals surface area contributed by atoms with Gasteiger partial charge in [-0.3, -0.25) is 15.0 Å². The Morgan fingerprint density at radius 1 is 0.932 bits per heavy atom. The molecular weight excluding hydrogens is 590 g/mol. The molecule has 0 aromatic heterocycles. The molecule has 1 amide bonds. The summed E-state index contributed by atoms with van der Waals surface area (Å²) < 4.78 is 80.0. The van der Waals surface area contributed by atoms with E-state index in [-0.39, 0.29) is 17.9 Å². The molecule has 2 unspecified atom stereocenters. The molecule has 1 fully saturated rings. The molecule has 3 aromatic carbocycles. The van der Waals surface area contributed by atoms with Crippen molar-refractivity contribution in [1.82, 2.24) is 20.4 Å². The fourth-order valence-corrected chi connectivity index (χ4v) is 5.14. The summed E-state index contributed by atoms with van der Waals surface area (Å²) in [7, 11) is 0. The molecule has 238 valence electrons. The predicted molar refractivity (Wildman–Crippen MR) is 151 cm³/mol. The number of alkyl halides is 6. The lowest BCUT2D eigenvalue weighted by Gasteiger charge is -2.38. The highest BCUT2D eigenvalue weighted by Gasteiger charge is 2.38. The molecule has 0 spiro atoms. The number of likely N-dealkylation sites (tertiary alicyclic amines) is 1. The van der Waals surface area contributed by atoms with E-state index in [1.54, 1.807) is 19.1 Å². The first-order valence-electron chi connectivity index (χ1n) is 14.0. The van der Waals surface area contributed by atoms with Crippen LogP contribution in [-0.4, -0.2) is 58.1 Å². The topological polar surface area (TPSA) is 88.1 Å². The summed E-state index contributed by atoms with van der Waals surface area (Å²) in [5.41, 5.74) is -2.21. The highest BCUT2D eigenvalue weighted by molar-refractivity contribution is 5.94. The van der Waals surface area contributed by atoms with Crippen LogP contribution in [0.3, 0.4) is 0 Å². The molecule has 0 bridgehead atoms. The van der Waals surface area contributed by atoms with Crippen LogP contribution in [0.5, 0.6) is 5.75 Å². The van der Waals surface area contributed by atoms with Gasteiger partial charge in [-0.2, -0.15) is 26.3 Å². The highest BCUT2D eigenvalue weighted by atomic mass is 19.4. The number of carbonyl (C=O) groups is 1. The summed E-state index contributed by atoms with van der Waals surface area (Å²) in [4.78, 5) is 16.6. The number of nitrogens with zero attached hydrogens (tertiary/aromatic N) is 2. The number of carbonyl (C=O) groups excluding carboxylic acids is 1. The van der Waals surface area contributed by atoms with Crippen molar-refractivity contribution in [3.63, 3.8) is 0 Å². The Morgan fingerprint density at radius 2 is 1.50 bits per heavy atom. The van der Waals surface area contributed by atoms with E-state index in [9.17, 15) is 41.4 Å². The molecule has 3 aromatic rings. The second kappa shape index (κ2) is 14.0. The summed E-state index contributed by atoms with van der Waals surface area (Å²) in [6, 6.07) is 16.1. The van der Waals surface area contributed by atoms with Crippen molar-refractivity contribution >= 4 is 5.91 Å². The van der Waals surface area contributed by atoms with Gasteiger partial charge in [-0.05, 0) is 74.3 Å². The number of aliphatic hydroxyl groups excluding tert-OH is 1. The first-order valence-corrected chi connectivity index (χ1v) is 14.0. The maximum absolute atomic E-state index is 13.3. The Morgan fingerprint density at radius 3 is 2.05 bits per heavy atom. The minimum Gasteiger partial charge on any atom is -0.508 e. The number of nitrogens with one attached hydrogen (secondary N) is 2. The zero-order valence-corrected chi connectivity index (χ0v) is 23.9. The standard InChI is InChI=1S/C31H34F6N4O3/c1-20(22-7-9-27(42)10-8-22)41(29(44)39-26-11-13-40(14-12-26)18-21-5-3-2-4-6-21)19-38-28(43)23-15-24(30(32,33)34)17-25(16-23)31(35,36)37/h2-10,15-17,20,26,29,39,42,44H,11-14,18-19H2,1H3,(H,38,43). The Hall–Kier alpha value is -3.65. The second-order valence-corrected chi connectivity index (χ2v) is 10.8. The van der Waals surface area contributed by atoms with Gasteiger partial charge in [0.2, 0.25) is 0 Å². The van der Waals surface area contributed by atoms with Crippen molar-refractivity contribution in [3.05, 3.63) is 101 Å². The second-order valence-electron chi connectivity index (χ2n) is 10.8. The summed E-state index contributed by atoms with van der Waals surface area (Å²) in [6.45, 7) is 3.61. The van der Waals surface area contributed by atoms with Gasteiger partial charge in [-0.1, -0.05) is 42.5 Å². The SMILES string of the molecule is CC(c1ccc(O)cc1)N(CNC(=O)c1cc(C(F)(F)F)cc(C(F)(F)F)c1)C(O)NC1CCN(Cc2ccccc2)CC1. The predicted octanol–water partition coefficient (Wildman–Crippen LogP) is 5.71. The molecule has 1 heterocycles. The number of hydrogen-bond donors (Lipinski definition) is 4. The largest absolute Gasteiger partial charge is 0.508 e. The van der Waals surface area contributed by atoms with Crippen molar-refractivity contribution in [3.8, 4) is 5.75 Å². The van der Waals surface area contributed by atoms with E-state index in [1.807, 2.05) is 30.3 Å². The minimum atomic E-state index is -5.10. The quantitative estimate of drug-likeness (QED) is 0.171. The van der Waals surface area contributed by atoms with E-state index in [2.05, 4.69) is 15.5 Å². The number of amides is 1. The van der Waals surface area contributed by atoms with E-state index >= 15 is 0 Å². The average molecular weight is 625 g/mol. The molecular formula is C31H34F6N4O3. The van der Waals surface area contributed by atoms with Crippen LogP contribution in [0, 0.1) is 0 Å². The highest BCUT2D eigenvalue weighted by Crippen LogP contribution is 2.36. The molecule has 0 aliphatic carbocycles. The van der Waals surface area contributed by atoms with Crippen molar-refractivity contribution < 1.29 is 41.4 Å². The van der Waals surface area contributed by atoms with Crippen molar-refractivity contribution in [2.45, 2.75) is 57.1 Å². The summed E-state index contributed by atoms with van der Waals surface area (Å²) in [5.74, 6) is -1.17. The maximum Gasteiger partial charge on any atom is 0.416 e. The molecule has 2 atom stereocenters. The Kier molecular flexibility index (Phi) is 10.6. The molecule has 4 rings (SSSR count). The third-order valence-corrected chi connectivity index (χ3v) is 7.68. The lowest BCUT2D eigenvalue weighted by molar-refractivity contribution is -0.143. The normalized spacial score (nSPS) is 16.6. The van der Waals surface area contributed by atoms with Crippen LogP contribution in [0.2, 0.25) is 0 Å². The Bertz CT molecular complexity index is 1350. The van der Waals surface area contributed by atoms with E-state index in [0.717, 1.165) is 19.6 Å². The Labute approximate surface area is 251 Å². The van der Waals surface area contributed by atoms with Gasteiger partial charge in [0.25, 0.3) is 5.91 Å². The molecule has 0 saturated carbocycles. The molecule has 1 aliphatic heterocycles. The van der Waals surface area contributed by atoms with Crippen LogP contribution in [0.1, 0.15) is 58.4 Å². The molecule has 1 aliphatic rings. The van der Waals surface area contributed by atoms with Crippen LogP contribution >= 0.6 is 0 Å². The van der Waals surface area contributed by atoms with E-state index in [1.165, 1.54) is 22.6 Å². The molecule has 13 heteroatoms. The molecule has 0 radical (unpaired) electrons. The van der Waals surface area contributed by atoms with E-state index < -0.39 is 54.0 Å². The molecule has 7 nitrogen and oxygen atoms in total. The number of hydrogen-bond acceptors (Lipinski definition) is 6. The summed E-state index contributed by atoms with van der Waals surface area (Å²) >= 11 is 0. The number of piperidine rings is 1. The van der Waals surface area contributed by atoms with Gasteiger partial charge >= 0.3 is 12.4 Å². The zero-order chi connectivity index (χ0) is 32.1. The van der Waals surface area contributed by atoms with Crippen LogP contribution in [0.4, 0.5) is 26.3 Å². The monoisotopic (exact) mass is 624 g/mol. The number of benzene rings is 3. The van der Waals surface area contributed by atoms with Crippen molar-refractivity contribution in [2.75, 3.05) is 19.8 Å². The number of phenolic OH excluding ortho intramolecular Hbond substituents is 1. The first kappa shape index (κ1) is 33.2. The van der Waals surface area contributed by atoms with Gasteiger partial charge in [0.05, 0.1) is 17.8 Å². The number of halogens is 6. The van der Waals surface area contributed by atoms with E-state index in [4.69, 9.17) is 0 Å². The van der Waals surface area contributed by atoms with Gasteiger partial charge in [-0.25, -0.2) is 4.90 Å². The summed E-state index contributed by atoms with van der Waals surface area (Å²) in [6.07, 6.45) is -10.1. The number of aromatic hydroxyl groups is 1. The minimum absolute atomic E-state index is 0.00625. The van der Waals surface area contributed by atoms with Crippen LogP contribution in [-0.2, 0) is 18.9 Å². The molecule has 1 saturated heterocycles. The average Bonchev–Trinajstić information content (AvgIpc) is 2.98. The molecule has 4 N–H and O–H groups in total. The van der Waals surface area contributed by atoms with Gasteiger partial charge in [0, 0.05) is 24.2 Å². The maximum atomic E-state index is 13.3. The van der Waals surface area contributed by atoms with E-state index in [0.29, 0.717) is 30.5 Å².